The Kier molecular flexibility index (Phi) is 6.21. The zero-order valence-corrected chi connectivity index (χ0v) is 14.6. The van der Waals surface area contributed by atoms with Crippen molar-refractivity contribution in [2.45, 2.75) is 19.1 Å². The molecule has 2 aromatic rings. The van der Waals surface area contributed by atoms with Crippen LogP contribution in [-0.2, 0) is 6.54 Å². The molecule has 24 heavy (non-hydrogen) atoms. The Balaban J connectivity index is 2.54. The Labute approximate surface area is 152 Å². The lowest BCUT2D eigenvalue weighted by atomic mass is 9.96. The first-order valence-electron chi connectivity index (χ1n) is 6.92. The first kappa shape index (κ1) is 19.1. The minimum atomic E-state index is -4.32. The molecule has 0 saturated carbocycles. The Bertz CT molecular complexity index is 730. The van der Waals surface area contributed by atoms with E-state index in [2.05, 4.69) is 0 Å². The number of benzene rings is 2. The van der Waals surface area contributed by atoms with Gasteiger partial charge in [-0.15, -0.1) is 0 Å². The van der Waals surface area contributed by atoms with E-state index >= 15 is 0 Å². The first-order valence-corrected chi connectivity index (χ1v) is 8.06. The molecule has 2 N–H and O–H groups in total. The van der Waals surface area contributed by atoms with Crippen LogP contribution in [0, 0.1) is 0 Å². The molecule has 0 fully saturated rings. The highest BCUT2D eigenvalue weighted by Crippen LogP contribution is 2.36. The van der Waals surface area contributed by atoms with Crippen molar-refractivity contribution < 1.29 is 13.2 Å². The van der Waals surface area contributed by atoms with Crippen molar-refractivity contribution in [1.82, 2.24) is 0 Å². The smallest absolute Gasteiger partial charge is 0.326 e. The van der Waals surface area contributed by atoms with E-state index in [-0.39, 0.29) is 15.1 Å². The normalized spacial score (nSPS) is 12.5. The Hall–Kier alpha value is -1.20. The van der Waals surface area contributed by atoms with E-state index in [9.17, 15) is 13.2 Å². The van der Waals surface area contributed by atoms with E-state index in [1.165, 1.54) is 12.1 Å². The van der Waals surface area contributed by atoms with Gasteiger partial charge in [0.25, 0.3) is 0 Å². The maximum atomic E-state index is 12.7. The first-order chi connectivity index (χ1) is 11.2. The number of hydrogen-bond acceptors (Lipinski definition) is 1. The van der Waals surface area contributed by atoms with Gasteiger partial charge in [0, 0.05) is 6.54 Å². The minimum Gasteiger partial charge on any atom is -0.326 e. The van der Waals surface area contributed by atoms with Gasteiger partial charge in [0.2, 0.25) is 0 Å². The summed E-state index contributed by atoms with van der Waals surface area (Å²) in [6.45, 7) is 0.348. The second kappa shape index (κ2) is 7.79. The number of allylic oxidation sites excluding steroid dienone is 1. The van der Waals surface area contributed by atoms with Crippen LogP contribution in [0.5, 0.6) is 0 Å². The quantitative estimate of drug-likeness (QED) is 0.589. The summed E-state index contributed by atoms with van der Waals surface area (Å²) in [7, 11) is 0. The summed E-state index contributed by atoms with van der Waals surface area (Å²) in [6, 6.07) is 9.93. The summed E-state index contributed by atoms with van der Waals surface area (Å²) in [6.07, 6.45) is -4.28. The van der Waals surface area contributed by atoms with Crippen molar-refractivity contribution in [2.75, 3.05) is 0 Å². The lowest BCUT2D eigenvalue weighted by molar-refractivity contribution is -0.124. The second-order valence-electron chi connectivity index (χ2n) is 5.09. The van der Waals surface area contributed by atoms with Crippen molar-refractivity contribution in [3.05, 3.63) is 74.2 Å². The third-order valence-corrected chi connectivity index (χ3v) is 4.53. The summed E-state index contributed by atoms with van der Waals surface area (Å²) in [4.78, 5) is 0. The topological polar surface area (TPSA) is 26.0 Å². The number of halogens is 6. The van der Waals surface area contributed by atoms with E-state index in [0.717, 1.165) is 11.6 Å². The molecule has 0 radical (unpaired) electrons. The van der Waals surface area contributed by atoms with Crippen molar-refractivity contribution in [3.8, 4) is 0 Å². The Morgan fingerprint density at radius 3 is 1.96 bits per heavy atom. The largest absolute Gasteiger partial charge is 0.392 e. The van der Waals surface area contributed by atoms with Gasteiger partial charge in [0.15, 0.2) is 0 Å². The monoisotopic (exact) mass is 393 g/mol. The highest BCUT2D eigenvalue weighted by atomic mass is 35.5. The van der Waals surface area contributed by atoms with E-state index < -0.39 is 12.6 Å². The maximum Gasteiger partial charge on any atom is 0.392 e. The van der Waals surface area contributed by atoms with Crippen molar-refractivity contribution >= 4 is 40.4 Å². The van der Waals surface area contributed by atoms with Crippen molar-refractivity contribution in [3.63, 3.8) is 0 Å². The van der Waals surface area contributed by atoms with Crippen LogP contribution in [0.3, 0.4) is 0 Å². The zero-order chi connectivity index (χ0) is 17.9. The van der Waals surface area contributed by atoms with E-state index in [1.807, 2.05) is 0 Å². The van der Waals surface area contributed by atoms with Crippen LogP contribution in [0.2, 0.25) is 15.1 Å². The fourth-order valence-electron chi connectivity index (χ4n) is 2.15. The molecule has 2 aromatic carbocycles. The lowest BCUT2D eigenvalue weighted by Gasteiger charge is -2.13. The average molecular weight is 395 g/mol. The van der Waals surface area contributed by atoms with Gasteiger partial charge in [-0.1, -0.05) is 65.1 Å². The van der Waals surface area contributed by atoms with Crippen LogP contribution in [0.4, 0.5) is 13.2 Å². The second-order valence-corrected chi connectivity index (χ2v) is 6.28. The fourth-order valence-corrected chi connectivity index (χ4v) is 2.75. The molecule has 0 amide bonds. The Morgan fingerprint density at radius 2 is 1.50 bits per heavy atom. The van der Waals surface area contributed by atoms with Gasteiger partial charge in [-0.05, 0) is 34.4 Å². The van der Waals surface area contributed by atoms with Gasteiger partial charge in [-0.3, -0.25) is 0 Å². The molecule has 0 aliphatic carbocycles. The number of alkyl halides is 3. The molecule has 0 spiro atoms. The van der Waals surface area contributed by atoms with Crippen LogP contribution < -0.4 is 5.73 Å². The van der Waals surface area contributed by atoms with E-state index in [0.29, 0.717) is 23.2 Å². The molecular weight excluding hydrogens is 382 g/mol. The SMILES string of the molecule is NCc1ccc(/C(=C\CC(F)(F)F)c2cc(Cl)c(Cl)c(Cl)c2)cc1. The molecule has 0 atom stereocenters. The van der Waals surface area contributed by atoms with Gasteiger partial charge in [0.05, 0.1) is 21.5 Å². The molecule has 0 saturated heterocycles. The zero-order valence-electron chi connectivity index (χ0n) is 12.3. The van der Waals surface area contributed by atoms with Gasteiger partial charge >= 0.3 is 6.18 Å². The van der Waals surface area contributed by atoms with E-state index in [4.69, 9.17) is 40.5 Å². The third-order valence-electron chi connectivity index (χ3n) is 3.33. The summed E-state index contributed by atoms with van der Waals surface area (Å²) in [5.41, 5.74) is 7.85. The predicted molar refractivity (Wildman–Crippen MR) is 93.6 cm³/mol. The molecular formula is C17H13Cl3F3N. The van der Waals surface area contributed by atoms with Gasteiger partial charge < -0.3 is 5.73 Å². The molecule has 0 aliphatic rings. The van der Waals surface area contributed by atoms with Gasteiger partial charge in [0.1, 0.15) is 0 Å². The van der Waals surface area contributed by atoms with Gasteiger partial charge in [-0.25, -0.2) is 0 Å². The van der Waals surface area contributed by atoms with Crippen molar-refractivity contribution in [1.29, 1.82) is 0 Å². The van der Waals surface area contributed by atoms with E-state index in [1.54, 1.807) is 24.3 Å². The molecule has 1 nitrogen and oxygen atoms in total. The molecule has 0 bridgehead atoms. The maximum absolute atomic E-state index is 12.7. The standard InChI is InChI=1S/C17H13Cl3F3N/c18-14-7-12(8-15(19)16(14)20)13(5-6-17(21,22)23)11-3-1-10(9-24)2-4-11/h1-5,7-8H,6,9,24H2/b13-5+. The fraction of sp³-hybridized carbons (Fsp3) is 0.176. The number of hydrogen-bond donors (Lipinski definition) is 1. The predicted octanol–water partition coefficient (Wildman–Crippen LogP) is 6.49. The molecule has 2 rings (SSSR count). The van der Waals surface area contributed by atoms with Crippen LogP contribution in [0.1, 0.15) is 23.1 Å². The molecule has 0 aromatic heterocycles. The molecule has 0 unspecified atom stereocenters. The summed E-state index contributed by atoms with van der Waals surface area (Å²) in [5.74, 6) is 0. The van der Waals surface area contributed by atoms with Crippen LogP contribution in [-0.4, -0.2) is 6.18 Å². The summed E-state index contributed by atoms with van der Waals surface area (Å²) < 4.78 is 38.0. The van der Waals surface area contributed by atoms with Crippen LogP contribution in [0.25, 0.3) is 5.57 Å². The van der Waals surface area contributed by atoms with Crippen molar-refractivity contribution in [2.24, 2.45) is 5.73 Å². The molecule has 0 heterocycles. The molecule has 128 valence electrons. The summed E-state index contributed by atoms with van der Waals surface area (Å²) >= 11 is 17.9. The molecule has 0 aliphatic heterocycles. The highest BCUT2D eigenvalue weighted by molar-refractivity contribution is 6.48. The molecule has 7 heteroatoms. The number of rotatable bonds is 4. The minimum absolute atomic E-state index is 0.163. The summed E-state index contributed by atoms with van der Waals surface area (Å²) in [5, 5.41) is 0.516. The van der Waals surface area contributed by atoms with Gasteiger partial charge in [-0.2, -0.15) is 13.2 Å². The van der Waals surface area contributed by atoms with Crippen LogP contribution >= 0.6 is 34.8 Å². The lowest BCUT2D eigenvalue weighted by Crippen LogP contribution is -2.05. The average Bonchev–Trinajstić information content (AvgIpc) is 2.52. The number of nitrogens with two attached hydrogens (primary N) is 1. The third kappa shape index (κ3) is 4.90. The Morgan fingerprint density at radius 1 is 0.958 bits per heavy atom. The van der Waals surface area contributed by atoms with Crippen LogP contribution in [0.15, 0.2) is 42.5 Å². The highest BCUT2D eigenvalue weighted by Gasteiger charge is 2.26.